The third kappa shape index (κ3) is 3.37. The molecule has 0 aliphatic carbocycles. The average molecular weight is 332 g/mol. The molecule has 0 heterocycles. The molecule has 7 nitrogen and oxygen atoms in total. The van der Waals surface area contributed by atoms with E-state index in [1.807, 2.05) is 0 Å². The number of benzene rings is 2. The van der Waals surface area contributed by atoms with Crippen molar-refractivity contribution in [2.24, 2.45) is 0 Å². The van der Waals surface area contributed by atoms with Crippen LogP contribution in [0.4, 0.5) is 0 Å². The van der Waals surface area contributed by atoms with E-state index < -0.39 is 23.6 Å². The van der Waals surface area contributed by atoms with E-state index in [1.54, 1.807) is 18.2 Å². The minimum absolute atomic E-state index is 0.125. The van der Waals surface area contributed by atoms with Crippen molar-refractivity contribution in [3.8, 4) is 11.5 Å². The van der Waals surface area contributed by atoms with E-state index in [4.69, 9.17) is 9.47 Å². The zero-order chi connectivity index (χ0) is 17.7. The largest absolute Gasteiger partial charge is 0.504 e. The van der Waals surface area contributed by atoms with Crippen LogP contribution in [0, 0.1) is 0 Å². The number of carbonyl (C=O) groups is 2. The lowest BCUT2D eigenvalue weighted by Gasteiger charge is -2.26. The molecule has 0 fully saturated rings. The first-order valence-corrected chi connectivity index (χ1v) is 6.93. The van der Waals surface area contributed by atoms with Gasteiger partial charge in [-0.1, -0.05) is 36.4 Å². The van der Waals surface area contributed by atoms with Crippen molar-refractivity contribution in [1.82, 2.24) is 0 Å². The molecule has 0 bridgehead atoms. The lowest BCUT2D eigenvalue weighted by atomic mass is 10.1. The van der Waals surface area contributed by atoms with Crippen LogP contribution in [0.2, 0.25) is 0 Å². The highest BCUT2D eigenvalue weighted by molar-refractivity contribution is 5.81. The smallest absolute Gasteiger partial charge is 0.372 e. The van der Waals surface area contributed by atoms with E-state index in [0.717, 1.165) is 19.2 Å². The van der Waals surface area contributed by atoms with Crippen molar-refractivity contribution in [3.05, 3.63) is 59.7 Å². The number of aldehydes is 1. The second-order valence-electron chi connectivity index (χ2n) is 4.92. The Morgan fingerprint density at radius 3 is 2.33 bits per heavy atom. The summed E-state index contributed by atoms with van der Waals surface area (Å²) >= 11 is 0. The van der Waals surface area contributed by atoms with E-state index in [-0.39, 0.29) is 16.9 Å². The number of carbonyl (C=O) groups excluding carboxylic acids is 2. The van der Waals surface area contributed by atoms with Crippen LogP contribution in [-0.4, -0.2) is 34.7 Å². The average Bonchev–Trinajstić information content (AvgIpc) is 2.61. The normalized spacial score (nSPS) is 14.4. The summed E-state index contributed by atoms with van der Waals surface area (Å²) in [5.41, 5.74) is 0.260. The lowest BCUT2D eigenvalue weighted by molar-refractivity contribution is -0.228. The molecule has 3 N–H and O–H groups in total. The standard InChI is InChI=1S/C17H16O7/c1-23-17(22,12-5-3-2-4-6-12)16(21)24-15(10-18)11-7-8-13(19)14(20)9-11/h2-10,15,19-20,22H,1H3. The summed E-state index contributed by atoms with van der Waals surface area (Å²) in [5.74, 6) is -4.43. The maximum absolute atomic E-state index is 12.3. The van der Waals surface area contributed by atoms with Crippen LogP contribution in [0.25, 0.3) is 0 Å². The predicted molar refractivity (Wildman–Crippen MR) is 82.0 cm³/mol. The Balaban J connectivity index is 2.27. The summed E-state index contributed by atoms with van der Waals surface area (Å²) in [5, 5.41) is 29.2. The molecule has 0 aromatic heterocycles. The van der Waals surface area contributed by atoms with Crippen LogP contribution in [0.3, 0.4) is 0 Å². The highest BCUT2D eigenvalue weighted by atomic mass is 16.7. The van der Waals surface area contributed by atoms with Gasteiger partial charge in [0.25, 0.3) is 5.79 Å². The number of rotatable bonds is 6. The third-order valence-electron chi connectivity index (χ3n) is 3.42. The third-order valence-corrected chi connectivity index (χ3v) is 3.42. The van der Waals surface area contributed by atoms with Gasteiger partial charge in [-0.15, -0.1) is 0 Å². The predicted octanol–water partition coefficient (Wildman–Crippen LogP) is 1.37. The van der Waals surface area contributed by atoms with Crippen LogP contribution in [-0.2, 0) is 24.8 Å². The number of ether oxygens (including phenoxy) is 2. The molecule has 0 radical (unpaired) electrons. The summed E-state index contributed by atoms with van der Waals surface area (Å²) < 4.78 is 9.90. The number of esters is 1. The Hall–Kier alpha value is -2.90. The zero-order valence-electron chi connectivity index (χ0n) is 12.7. The summed E-state index contributed by atoms with van der Waals surface area (Å²) in [6, 6.07) is 11.3. The lowest BCUT2D eigenvalue weighted by Crippen LogP contribution is -2.40. The summed E-state index contributed by atoms with van der Waals surface area (Å²) in [7, 11) is 1.12. The number of aromatic hydroxyl groups is 2. The Kier molecular flexibility index (Phi) is 5.18. The van der Waals surface area contributed by atoms with E-state index in [2.05, 4.69) is 0 Å². The molecular formula is C17H16O7. The van der Waals surface area contributed by atoms with Gasteiger partial charge in [0, 0.05) is 18.2 Å². The van der Waals surface area contributed by atoms with Crippen molar-refractivity contribution in [2.45, 2.75) is 11.9 Å². The van der Waals surface area contributed by atoms with Gasteiger partial charge in [0.1, 0.15) is 0 Å². The molecule has 0 saturated carbocycles. The minimum Gasteiger partial charge on any atom is -0.504 e. The fourth-order valence-corrected chi connectivity index (χ4v) is 2.07. The topological polar surface area (TPSA) is 113 Å². The SMILES string of the molecule is COC(O)(C(=O)OC(C=O)c1ccc(O)c(O)c1)c1ccccc1. The number of hydrogen-bond donors (Lipinski definition) is 3. The maximum Gasteiger partial charge on any atom is 0.372 e. The first-order chi connectivity index (χ1) is 11.4. The van der Waals surface area contributed by atoms with Crippen LogP contribution >= 0.6 is 0 Å². The molecule has 0 aliphatic heterocycles. The van der Waals surface area contributed by atoms with Gasteiger partial charge in [0.2, 0.25) is 0 Å². The van der Waals surface area contributed by atoms with Gasteiger partial charge in [-0.25, -0.2) is 4.79 Å². The van der Waals surface area contributed by atoms with Gasteiger partial charge in [0.05, 0.1) is 0 Å². The van der Waals surface area contributed by atoms with Gasteiger partial charge < -0.3 is 24.8 Å². The Bertz CT molecular complexity index is 729. The summed E-state index contributed by atoms with van der Waals surface area (Å²) in [6.45, 7) is 0. The van der Waals surface area contributed by atoms with Gasteiger partial charge in [0.15, 0.2) is 23.9 Å². The Morgan fingerprint density at radius 2 is 1.79 bits per heavy atom. The van der Waals surface area contributed by atoms with Gasteiger partial charge in [-0.05, 0) is 12.1 Å². The Morgan fingerprint density at radius 1 is 1.12 bits per heavy atom. The zero-order valence-corrected chi connectivity index (χ0v) is 12.7. The number of methoxy groups -OCH3 is 1. The number of hydrogen-bond acceptors (Lipinski definition) is 7. The number of aliphatic hydroxyl groups is 1. The molecule has 7 heteroatoms. The van der Waals surface area contributed by atoms with Gasteiger partial charge >= 0.3 is 5.97 Å². The van der Waals surface area contributed by atoms with E-state index in [9.17, 15) is 24.9 Å². The molecule has 2 atom stereocenters. The van der Waals surface area contributed by atoms with Crippen molar-refractivity contribution in [2.75, 3.05) is 7.11 Å². The quantitative estimate of drug-likeness (QED) is 0.317. The molecule has 2 rings (SSSR count). The molecule has 2 aromatic carbocycles. The van der Waals surface area contributed by atoms with Crippen molar-refractivity contribution in [3.63, 3.8) is 0 Å². The van der Waals surface area contributed by atoms with Crippen LogP contribution in [0.5, 0.6) is 11.5 Å². The molecular weight excluding hydrogens is 316 g/mol. The highest BCUT2D eigenvalue weighted by Gasteiger charge is 2.41. The van der Waals surface area contributed by atoms with Gasteiger partial charge in [-0.3, -0.25) is 4.79 Å². The molecule has 0 aliphatic rings. The minimum atomic E-state index is -2.39. The molecule has 24 heavy (non-hydrogen) atoms. The monoisotopic (exact) mass is 332 g/mol. The second-order valence-corrected chi connectivity index (χ2v) is 4.92. The number of phenols is 2. The van der Waals surface area contributed by atoms with Crippen LogP contribution < -0.4 is 0 Å². The van der Waals surface area contributed by atoms with Crippen molar-refractivity contribution >= 4 is 12.3 Å². The van der Waals surface area contributed by atoms with E-state index in [0.29, 0.717) is 6.29 Å². The molecule has 0 saturated heterocycles. The molecule has 126 valence electrons. The fraction of sp³-hybridized carbons (Fsp3) is 0.176. The molecule has 2 aromatic rings. The van der Waals surface area contributed by atoms with Crippen LogP contribution in [0.15, 0.2) is 48.5 Å². The Labute approximate surface area is 137 Å². The van der Waals surface area contributed by atoms with Crippen molar-refractivity contribution < 1.29 is 34.4 Å². The maximum atomic E-state index is 12.3. The number of phenolic OH excluding ortho intramolecular Hbond substituents is 2. The summed E-state index contributed by atoms with van der Waals surface area (Å²) in [6.07, 6.45) is -1.07. The summed E-state index contributed by atoms with van der Waals surface area (Å²) in [4.78, 5) is 23.6. The molecule has 0 amide bonds. The molecule has 0 spiro atoms. The molecule has 2 unspecified atom stereocenters. The highest BCUT2D eigenvalue weighted by Crippen LogP contribution is 2.31. The van der Waals surface area contributed by atoms with Gasteiger partial charge in [-0.2, -0.15) is 0 Å². The first kappa shape index (κ1) is 17.5. The fourth-order valence-electron chi connectivity index (χ4n) is 2.07. The van der Waals surface area contributed by atoms with E-state index in [1.165, 1.54) is 18.2 Å². The second kappa shape index (κ2) is 7.12. The van der Waals surface area contributed by atoms with E-state index >= 15 is 0 Å². The first-order valence-electron chi connectivity index (χ1n) is 6.93. The van der Waals surface area contributed by atoms with Crippen molar-refractivity contribution in [1.29, 1.82) is 0 Å². The van der Waals surface area contributed by atoms with Crippen LogP contribution in [0.1, 0.15) is 17.2 Å².